The second kappa shape index (κ2) is 5.79. The fraction of sp³-hybridized carbons (Fsp3) is 0.533. The summed E-state index contributed by atoms with van der Waals surface area (Å²) in [7, 11) is 1.67. The summed E-state index contributed by atoms with van der Waals surface area (Å²) in [6.07, 6.45) is 1.01. The van der Waals surface area contributed by atoms with E-state index in [2.05, 4.69) is 0 Å². The number of hydrogen-bond donors (Lipinski definition) is 1. The molecule has 0 aliphatic carbocycles. The number of halogens is 1. The molecule has 1 unspecified atom stereocenters. The van der Waals surface area contributed by atoms with Gasteiger partial charge in [0, 0.05) is 26.6 Å². The van der Waals surface area contributed by atoms with Crippen LogP contribution in [0, 0.1) is 5.92 Å². The van der Waals surface area contributed by atoms with Gasteiger partial charge in [0.2, 0.25) is 5.91 Å². The lowest BCUT2D eigenvalue weighted by Gasteiger charge is -2.45. The number of aliphatic carboxylic acids is 1. The molecular weight excluding hydrogens is 340 g/mol. The molecule has 8 heteroatoms. The minimum Gasteiger partial charge on any atom is -0.481 e. The normalized spacial score (nSPS) is 23.6. The van der Waals surface area contributed by atoms with Crippen molar-refractivity contribution in [2.75, 3.05) is 20.1 Å². The van der Waals surface area contributed by atoms with Crippen molar-refractivity contribution in [2.24, 2.45) is 5.92 Å². The summed E-state index contributed by atoms with van der Waals surface area (Å²) in [6.45, 7) is 0.880. The molecule has 1 N–H and O–H groups in total. The highest BCUT2D eigenvalue weighted by Crippen LogP contribution is 2.43. The summed E-state index contributed by atoms with van der Waals surface area (Å²) in [5, 5.41) is 9.45. The number of rotatable bonds is 2. The van der Waals surface area contributed by atoms with Crippen molar-refractivity contribution in [1.82, 2.24) is 9.80 Å². The first-order valence-electron chi connectivity index (χ1n) is 7.39. The molecule has 124 valence electrons. The Balaban J connectivity index is 1.75. The Morgan fingerprint density at radius 3 is 2.52 bits per heavy atom. The number of carboxylic acids is 1. The van der Waals surface area contributed by atoms with Crippen LogP contribution < -0.4 is 0 Å². The number of likely N-dealkylation sites (tertiary alicyclic amines) is 2. The minimum atomic E-state index is -0.937. The summed E-state index contributed by atoms with van der Waals surface area (Å²) < 4.78 is 0.564. The Morgan fingerprint density at radius 2 is 2.00 bits per heavy atom. The molecule has 0 bridgehead atoms. The van der Waals surface area contributed by atoms with Crippen molar-refractivity contribution in [3.63, 3.8) is 0 Å². The van der Waals surface area contributed by atoms with Crippen molar-refractivity contribution in [2.45, 2.75) is 24.8 Å². The summed E-state index contributed by atoms with van der Waals surface area (Å²) in [5.41, 5.74) is -0.674. The molecule has 3 rings (SSSR count). The first kappa shape index (κ1) is 16.3. The third kappa shape index (κ3) is 2.61. The lowest BCUT2D eigenvalue weighted by molar-refractivity contribution is -0.145. The van der Waals surface area contributed by atoms with E-state index in [-0.39, 0.29) is 18.2 Å². The van der Waals surface area contributed by atoms with Crippen LogP contribution in [0.5, 0.6) is 0 Å². The van der Waals surface area contributed by atoms with Crippen LogP contribution in [0.3, 0.4) is 0 Å². The second-order valence-corrected chi connectivity index (χ2v) is 7.76. The highest BCUT2D eigenvalue weighted by Gasteiger charge is 2.55. The molecule has 1 atom stereocenters. The Bertz CT molecular complexity index is 666. The zero-order valence-electron chi connectivity index (χ0n) is 12.6. The number of piperidine rings is 1. The Labute approximate surface area is 142 Å². The van der Waals surface area contributed by atoms with Crippen LogP contribution in [0.1, 0.15) is 28.9 Å². The van der Waals surface area contributed by atoms with E-state index in [4.69, 9.17) is 11.6 Å². The summed E-state index contributed by atoms with van der Waals surface area (Å²) in [4.78, 5) is 39.8. The molecule has 0 saturated carbocycles. The molecule has 23 heavy (non-hydrogen) atoms. The lowest BCUT2D eigenvalue weighted by atomic mass is 9.77. The van der Waals surface area contributed by atoms with E-state index in [1.165, 1.54) is 11.3 Å². The van der Waals surface area contributed by atoms with E-state index in [1.807, 2.05) is 0 Å². The smallest absolute Gasteiger partial charge is 0.309 e. The maximum atomic E-state index is 12.5. The molecule has 2 fully saturated rings. The lowest BCUT2D eigenvalue weighted by Crippen LogP contribution is -2.56. The maximum absolute atomic E-state index is 12.5. The fourth-order valence-electron chi connectivity index (χ4n) is 3.67. The van der Waals surface area contributed by atoms with Gasteiger partial charge in [-0.1, -0.05) is 11.6 Å². The topological polar surface area (TPSA) is 77.9 Å². The third-order valence-electron chi connectivity index (χ3n) is 5.07. The van der Waals surface area contributed by atoms with Crippen LogP contribution in [0.15, 0.2) is 12.1 Å². The minimum absolute atomic E-state index is 0.0420. The van der Waals surface area contributed by atoms with Crippen LogP contribution in [0.4, 0.5) is 0 Å². The molecule has 2 aliphatic rings. The van der Waals surface area contributed by atoms with Crippen molar-refractivity contribution in [1.29, 1.82) is 0 Å². The molecule has 0 radical (unpaired) electrons. The second-order valence-electron chi connectivity index (χ2n) is 6.05. The van der Waals surface area contributed by atoms with Crippen LogP contribution in [-0.2, 0) is 9.59 Å². The molecular formula is C15H17ClN2O4S. The van der Waals surface area contributed by atoms with Gasteiger partial charge in [-0.05, 0) is 25.0 Å². The van der Waals surface area contributed by atoms with E-state index >= 15 is 0 Å². The van der Waals surface area contributed by atoms with Gasteiger partial charge in [-0.15, -0.1) is 11.3 Å². The van der Waals surface area contributed by atoms with Gasteiger partial charge in [-0.25, -0.2) is 0 Å². The standard InChI is InChI=1S/C15H17ClN2O4S/c1-17-12(19)8-9(14(21)22)15(17)4-6-18(7-5-15)13(20)10-2-3-11(16)23-10/h2-3,9H,4-8H2,1H3,(H,21,22). The van der Waals surface area contributed by atoms with E-state index in [9.17, 15) is 19.5 Å². The molecule has 1 spiro atoms. The first-order valence-corrected chi connectivity index (χ1v) is 8.59. The largest absolute Gasteiger partial charge is 0.481 e. The number of carbonyl (C=O) groups is 3. The van der Waals surface area contributed by atoms with Crippen molar-refractivity contribution < 1.29 is 19.5 Å². The Hall–Kier alpha value is -1.60. The van der Waals surface area contributed by atoms with Gasteiger partial charge in [0.05, 0.1) is 20.7 Å². The van der Waals surface area contributed by atoms with E-state index in [0.717, 1.165) is 0 Å². The van der Waals surface area contributed by atoms with Crippen molar-refractivity contribution in [3.05, 3.63) is 21.3 Å². The van der Waals surface area contributed by atoms with Crippen molar-refractivity contribution >= 4 is 40.7 Å². The fourth-order valence-corrected chi connectivity index (χ4v) is 4.68. The zero-order chi connectivity index (χ0) is 16.8. The predicted molar refractivity (Wildman–Crippen MR) is 85.7 cm³/mol. The molecule has 2 saturated heterocycles. The van der Waals surface area contributed by atoms with Crippen LogP contribution in [0.2, 0.25) is 4.34 Å². The molecule has 1 aromatic rings. The van der Waals surface area contributed by atoms with Crippen molar-refractivity contribution in [3.8, 4) is 0 Å². The highest BCUT2D eigenvalue weighted by molar-refractivity contribution is 7.17. The Kier molecular flexibility index (Phi) is 4.10. The Morgan fingerprint density at radius 1 is 1.35 bits per heavy atom. The molecule has 2 aliphatic heterocycles. The summed E-state index contributed by atoms with van der Waals surface area (Å²) in [6, 6.07) is 3.39. The van der Waals surface area contributed by atoms with Gasteiger partial charge in [-0.2, -0.15) is 0 Å². The predicted octanol–water partition coefficient (Wildman–Crippen LogP) is 1.94. The number of amides is 2. The zero-order valence-corrected chi connectivity index (χ0v) is 14.2. The van der Waals surface area contributed by atoms with Gasteiger partial charge in [0.15, 0.2) is 0 Å². The van der Waals surface area contributed by atoms with Gasteiger partial charge in [0.1, 0.15) is 0 Å². The molecule has 2 amide bonds. The average Bonchev–Trinajstić information content (AvgIpc) is 3.05. The molecule has 3 heterocycles. The number of nitrogens with zero attached hydrogens (tertiary/aromatic N) is 2. The third-order valence-corrected chi connectivity index (χ3v) is 6.29. The SMILES string of the molecule is CN1C(=O)CC(C(=O)O)C12CCN(C(=O)c1ccc(Cl)s1)CC2. The number of hydrogen-bond acceptors (Lipinski definition) is 4. The number of carboxylic acid groups (broad SMARTS) is 1. The van der Waals surface area contributed by atoms with E-state index in [0.29, 0.717) is 35.1 Å². The molecule has 6 nitrogen and oxygen atoms in total. The van der Waals surface area contributed by atoms with Gasteiger partial charge in [0.25, 0.3) is 5.91 Å². The van der Waals surface area contributed by atoms with Gasteiger partial charge < -0.3 is 14.9 Å². The first-order chi connectivity index (χ1) is 10.8. The summed E-state index contributed by atoms with van der Waals surface area (Å²) in [5.74, 6) is -1.86. The van der Waals surface area contributed by atoms with E-state index < -0.39 is 17.4 Å². The average molecular weight is 357 g/mol. The van der Waals surface area contributed by atoms with Crippen LogP contribution in [0.25, 0.3) is 0 Å². The molecule has 0 aromatic carbocycles. The molecule has 1 aromatic heterocycles. The quantitative estimate of drug-likeness (QED) is 0.878. The number of carbonyl (C=O) groups excluding carboxylic acids is 2. The van der Waals surface area contributed by atoms with Gasteiger partial charge >= 0.3 is 5.97 Å². The van der Waals surface area contributed by atoms with Crippen LogP contribution >= 0.6 is 22.9 Å². The van der Waals surface area contributed by atoms with Crippen LogP contribution in [-0.4, -0.2) is 58.4 Å². The monoisotopic (exact) mass is 356 g/mol. The maximum Gasteiger partial charge on any atom is 0.309 e. The van der Waals surface area contributed by atoms with Gasteiger partial charge in [-0.3, -0.25) is 14.4 Å². The van der Waals surface area contributed by atoms with E-state index in [1.54, 1.807) is 29.0 Å². The highest BCUT2D eigenvalue weighted by atomic mass is 35.5. The summed E-state index contributed by atoms with van der Waals surface area (Å²) >= 11 is 7.10. The number of thiophene rings is 1.